The number of nitrogens with zero attached hydrogens (tertiary/aromatic N) is 3. The number of likely N-dealkylation sites (N-methyl/N-ethyl adjacent to an activating group) is 1. The van der Waals surface area contributed by atoms with E-state index in [1.54, 1.807) is 22.9 Å². The first-order valence-corrected chi connectivity index (χ1v) is 15.9. The number of anilines is 1. The van der Waals surface area contributed by atoms with Crippen molar-refractivity contribution in [2.75, 3.05) is 45.7 Å². The second-order valence-electron chi connectivity index (χ2n) is 9.42. The average Bonchev–Trinajstić information content (AvgIpc) is 3.02. The van der Waals surface area contributed by atoms with Crippen LogP contribution in [0.4, 0.5) is 14.5 Å². The van der Waals surface area contributed by atoms with Crippen LogP contribution in [-0.2, 0) is 15.8 Å². The number of carbonyl (C=O) groups excluding carboxylic acids is 1. The van der Waals surface area contributed by atoms with Crippen molar-refractivity contribution < 1.29 is 27.7 Å². The first-order chi connectivity index (χ1) is 21.0. The van der Waals surface area contributed by atoms with Crippen molar-refractivity contribution in [3.8, 4) is 11.5 Å². The van der Waals surface area contributed by atoms with Crippen molar-refractivity contribution in [1.82, 2.24) is 14.1 Å². The molecule has 0 spiro atoms. The molecule has 0 aliphatic rings. The molecule has 8 nitrogen and oxygen atoms in total. The Labute approximate surface area is 268 Å². The first kappa shape index (κ1) is 35.2. The molecule has 1 unspecified atom stereocenters. The Morgan fingerprint density at radius 1 is 0.977 bits per heavy atom. The third-order valence-corrected chi connectivity index (χ3v) is 8.91. The minimum atomic E-state index is -1.54. The summed E-state index contributed by atoms with van der Waals surface area (Å²) in [6.07, 6.45) is 0. The summed E-state index contributed by atoms with van der Waals surface area (Å²) in [5, 5.41) is 11.3. The fourth-order valence-corrected chi connectivity index (χ4v) is 6.23. The number of benzene rings is 4. The number of carbonyl (C=O) groups is 1. The highest BCUT2D eigenvalue weighted by Crippen LogP contribution is 2.33. The van der Waals surface area contributed by atoms with Crippen molar-refractivity contribution in [2.45, 2.75) is 23.6 Å². The number of nitrogens with one attached hydrogen (secondary N) is 1. The van der Waals surface area contributed by atoms with Gasteiger partial charge < -0.3 is 9.64 Å². The molecule has 0 aromatic heterocycles. The van der Waals surface area contributed by atoms with Crippen LogP contribution in [0, 0.1) is 11.6 Å². The lowest BCUT2D eigenvalue weighted by atomic mass is 10.1. The molecule has 0 aliphatic carbocycles. The lowest BCUT2D eigenvalue weighted by Gasteiger charge is -2.24. The molecule has 2 N–H and O–H groups in total. The van der Waals surface area contributed by atoms with Crippen LogP contribution >= 0.6 is 23.5 Å². The Morgan fingerprint density at radius 3 is 2.25 bits per heavy atom. The molecule has 0 heterocycles. The van der Waals surface area contributed by atoms with E-state index in [9.17, 15) is 17.8 Å². The predicted molar refractivity (Wildman–Crippen MR) is 174 cm³/mol. The Kier molecular flexibility index (Phi) is 13.4. The van der Waals surface area contributed by atoms with Crippen molar-refractivity contribution in [1.29, 1.82) is 0 Å². The highest BCUT2D eigenvalue weighted by atomic mass is 35.5. The average molecular weight is 665 g/mol. The van der Waals surface area contributed by atoms with E-state index in [0.717, 1.165) is 40.5 Å². The second kappa shape index (κ2) is 16.7. The zero-order valence-corrected chi connectivity index (χ0v) is 27.4. The summed E-state index contributed by atoms with van der Waals surface area (Å²) in [7, 11) is 4.04. The Bertz CT molecular complexity index is 1570. The number of fused-ring (bicyclic) bond motifs is 1. The number of hydrogen-bond donors (Lipinski definition) is 2. The summed E-state index contributed by atoms with van der Waals surface area (Å²) in [5.74, 6) is -2.97. The predicted octanol–water partition coefficient (Wildman–Crippen LogP) is 7.13. The molecule has 0 bridgehead atoms. The lowest BCUT2D eigenvalue weighted by molar-refractivity contribution is -0.129. The number of rotatable bonds is 12. The van der Waals surface area contributed by atoms with Gasteiger partial charge in [0, 0.05) is 49.8 Å². The third kappa shape index (κ3) is 9.37. The maximum absolute atomic E-state index is 14.9. The molecule has 4 aromatic rings. The van der Waals surface area contributed by atoms with Crippen LogP contribution in [0.2, 0.25) is 5.02 Å². The van der Waals surface area contributed by atoms with Gasteiger partial charge >= 0.3 is 0 Å². The molecule has 1 atom stereocenters. The molecule has 0 radical (unpaired) electrons. The van der Waals surface area contributed by atoms with E-state index in [0.29, 0.717) is 9.92 Å². The van der Waals surface area contributed by atoms with E-state index in [4.69, 9.17) is 21.5 Å². The second-order valence-corrected chi connectivity index (χ2v) is 12.6. The molecule has 0 saturated carbocycles. The molecule has 4 rings (SSSR count). The van der Waals surface area contributed by atoms with E-state index < -0.39 is 34.3 Å². The van der Waals surface area contributed by atoms with E-state index in [2.05, 4.69) is 0 Å². The van der Waals surface area contributed by atoms with Crippen LogP contribution in [0.3, 0.4) is 0 Å². The van der Waals surface area contributed by atoms with Crippen LogP contribution in [0.1, 0.15) is 13.8 Å². The van der Waals surface area contributed by atoms with Crippen LogP contribution in [0.15, 0.2) is 82.6 Å². The van der Waals surface area contributed by atoms with Gasteiger partial charge in [0.2, 0.25) is 0 Å². The van der Waals surface area contributed by atoms with Gasteiger partial charge in [0.15, 0.2) is 17.4 Å². The maximum Gasteiger partial charge on any atom is 0.258 e. The summed E-state index contributed by atoms with van der Waals surface area (Å²) in [6.45, 7) is 4.10. The minimum absolute atomic E-state index is 0.161. The topological polar surface area (TPSA) is 85.4 Å². The molecular formula is C31H35ClF2N4O4S2. The summed E-state index contributed by atoms with van der Waals surface area (Å²) in [5.41, 5.74) is 2.58. The Hall–Kier alpha value is -3.26. The molecule has 44 heavy (non-hydrogen) atoms. The van der Waals surface area contributed by atoms with Crippen LogP contribution in [0.25, 0.3) is 10.8 Å². The van der Waals surface area contributed by atoms with Crippen LogP contribution in [-0.4, -0.2) is 64.7 Å². The molecule has 4 aromatic carbocycles. The summed E-state index contributed by atoms with van der Waals surface area (Å²) in [4.78, 5) is 14.8. The van der Waals surface area contributed by atoms with Crippen molar-refractivity contribution in [2.24, 2.45) is 0 Å². The number of ether oxygens (including phenoxy) is 1. The van der Waals surface area contributed by atoms with Gasteiger partial charge in [-0.2, -0.15) is 0 Å². The first-order valence-electron chi connectivity index (χ1n) is 13.7. The summed E-state index contributed by atoms with van der Waals surface area (Å²) < 4.78 is 51.7. The lowest BCUT2D eigenvalue weighted by Crippen LogP contribution is -2.36. The molecule has 1 amide bonds. The normalized spacial score (nSPS) is 11.7. The fraction of sp³-hybridized carbons (Fsp3) is 0.258. The monoisotopic (exact) mass is 664 g/mol. The largest absolute Gasteiger partial charge is 0.451 e. The molecule has 0 saturated heterocycles. The molecule has 0 fully saturated rings. The van der Waals surface area contributed by atoms with Gasteiger partial charge in [-0.15, -0.1) is 0 Å². The zero-order valence-electron chi connectivity index (χ0n) is 25.0. The molecule has 0 aliphatic heterocycles. The van der Waals surface area contributed by atoms with Gasteiger partial charge in [-0.1, -0.05) is 43.6 Å². The zero-order chi connectivity index (χ0) is 32.4. The highest BCUT2D eigenvalue weighted by Gasteiger charge is 2.20. The molecular weight excluding hydrogens is 630 g/mol. The SMILES string of the molecule is CC.CN(C)c1ccc2c(S(=O)N(C)CCN(CC(=O)NO)Sc3cc(F)c(Oc4ccc(Cl)cc4)c(F)c3)cccc2c1. The fourth-order valence-electron chi connectivity index (χ4n) is 3.98. The number of hydrogen-bond acceptors (Lipinski definition) is 7. The number of halogens is 3. The van der Waals surface area contributed by atoms with Gasteiger partial charge in [-0.25, -0.2) is 27.1 Å². The van der Waals surface area contributed by atoms with Gasteiger partial charge in [0.05, 0.1) is 11.4 Å². The molecule has 13 heteroatoms. The number of amides is 1. The van der Waals surface area contributed by atoms with Crippen LogP contribution in [0.5, 0.6) is 11.5 Å². The van der Waals surface area contributed by atoms with Gasteiger partial charge in [-0.05, 0) is 77.3 Å². The molecule has 236 valence electrons. The van der Waals surface area contributed by atoms with Crippen molar-refractivity contribution >= 4 is 56.9 Å². The van der Waals surface area contributed by atoms with E-state index in [1.807, 2.05) is 63.2 Å². The maximum atomic E-state index is 14.9. The van der Waals surface area contributed by atoms with Crippen LogP contribution < -0.4 is 15.1 Å². The van der Waals surface area contributed by atoms with E-state index >= 15 is 0 Å². The van der Waals surface area contributed by atoms with Gasteiger partial charge in [0.25, 0.3) is 5.91 Å². The Balaban J connectivity index is 0.00000259. The van der Waals surface area contributed by atoms with Crippen molar-refractivity contribution in [3.05, 3.63) is 89.5 Å². The van der Waals surface area contributed by atoms with E-state index in [1.165, 1.54) is 28.6 Å². The van der Waals surface area contributed by atoms with Crippen molar-refractivity contribution in [3.63, 3.8) is 0 Å². The minimum Gasteiger partial charge on any atom is -0.451 e. The summed E-state index contributed by atoms with van der Waals surface area (Å²) in [6, 6.07) is 19.7. The number of hydroxylamine groups is 1. The van der Waals surface area contributed by atoms with Gasteiger partial charge in [0.1, 0.15) is 16.7 Å². The van der Waals surface area contributed by atoms with Gasteiger partial charge in [-0.3, -0.25) is 10.0 Å². The quantitative estimate of drug-likeness (QED) is 0.0947. The third-order valence-electron chi connectivity index (χ3n) is 6.16. The standard InChI is InChI=1S/C29H29ClF2N4O4S2.C2H6/c1-34(2)21-9-12-24-19(15-21)5-4-6-27(24)42(39)35(3)13-14-36(18-28(37)33-38)41-23-16-25(31)29(26(32)17-23)40-22-10-7-20(30)8-11-22;1-2/h4-12,15-17,38H,13-14,18H2,1-3H3,(H,33,37);1-2H3. The van der Waals surface area contributed by atoms with E-state index in [-0.39, 0.29) is 30.3 Å². The Morgan fingerprint density at radius 2 is 1.64 bits per heavy atom. The highest BCUT2D eigenvalue weighted by molar-refractivity contribution is 7.97. The summed E-state index contributed by atoms with van der Waals surface area (Å²) >= 11 is 6.76. The smallest absolute Gasteiger partial charge is 0.258 e.